The van der Waals surface area contributed by atoms with E-state index < -0.39 is 40.3 Å². The normalized spacial score (nSPS) is 13.2. The van der Waals surface area contributed by atoms with Crippen LogP contribution >= 0.6 is 22.6 Å². The summed E-state index contributed by atoms with van der Waals surface area (Å²) in [7, 11) is 0. The van der Waals surface area contributed by atoms with Crippen molar-refractivity contribution in [2.75, 3.05) is 36.4 Å². The van der Waals surface area contributed by atoms with E-state index in [9.17, 15) is 14.7 Å². The Balaban J connectivity index is 1.29. The number of nitrogens with one attached hydrogen (secondary N) is 1. The molecule has 4 aromatic rings. The fraction of sp³-hybridized carbons (Fsp3) is 0.167. The number of anilines is 3. The number of carboxylic acid groups (broad SMARTS) is 1. The van der Waals surface area contributed by atoms with Crippen LogP contribution in [-0.4, -0.2) is 53.0 Å². The summed E-state index contributed by atoms with van der Waals surface area (Å²) >= 11 is 2.11. The number of carbonyl (C=O) groups is 2. The minimum atomic E-state index is -1.49. The van der Waals surface area contributed by atoms with Crippen molar-refractivity contribution >= 4 is 51.7 Å². The number of carbonyl (C=O) groups excluding carboxylic acids is 1. The predicted molar refractivity (Wildman–Crippen MR) is 159 cm³/mol. The topological polar surface area (TPSA) is 95.0 Å². The molecule has 5 rings (SSSR count). The number of nitrogens with zero attached hydrogens (tertiary/aromatic N) is 3. The molecule has 1 aromatic heterocycles. The molecule has 2 N–H and O–H groups in total. The van der Waals surface area contributed by atoms with Gasteiger partial charge in [0.25, 0.3) is 5.91 Å². The molecule has 8 nitrogen and oxygen atoms in total. The number of benzene rings is 3. The van der Waals surface area contributed by atoms with Crippen LogP contribution in [0.1, 0.15) is 26.3 Å². The Morgan fingerprint density at radius 2 is 1.66 bits per heavy atom. The zero-order valence-electron chi connectivity index (χ0n) is 21.9. The maximum atomic E-state index is 15.3. The lowest BCUT2D eigenvalue weighted by Crippen LogP contribution is -2.49. The van der Waals surface area contributed by atoms with Crippen LogP contribution in [0, 0.1) is 22.1 Å². The molecule has 0 spiro atoms. The van der Waals surface area contributed by atoms with Gasteiger partial charge < -0.3 is 25.0 Å². The molecular formula is C30H25F2IN4O4. The molecule has 0 unspecified atom stereocenters. The molecule has 41 heavy (non-hydrogen) atoms. The van der Waals surface area contributed by atoms with Crippen LogP contribution in [0.15, 0.2) is 72.9 Å². The first-order valence-corrected chi connectivity index (χ1v) is 13.8. The Labute approximate surface area is 248 Å². The van der Waals surface area contributed by atoms with Crippen LogP contribution in [0.5, 0.6) is 11.5 Å². The molecule has 1 aliphatic rings. The van der Waals surface area contributed by atoms with Gasteiger partial charge in [-0.3, -0.25) is 4.79 Å². The number of amides is 1. The van der Waals surface area contributed by atoms with E-state index in [-0.39, 0.29) is 13.1 Å². The Kier molecular flexibility index (Phi) is 8.34. The van der Waals surface area contributed by atoms with Gasteiger partial charge in [-0.2, -0.15) is 0 Å². The van der Waals surface area contributed by atoms with Crippen molar-refractivity contribution in [3.63, 3.8) is 0 Å². The molecule has 1 fully saturated rings. The van der Waals surface area contributed by atoms with Crippen molar-refractivity contribution in [1.29, 1.82) is 0 Å². The molecule has 2 heterocycles. The highest BCUT2D eigenvalue weighted by atomic mass is 127. The first-order valence-electron chi connectivity index (χ1n) is 12.7. The average Bonchev–Trinajstić information content (AvgIpc) is 2.97. The Bertz CT molecular complexity index is 1590. The van der Waals surface area contributed by atoms with E-state index in [4.69, 9.17) is 4.74 Å². The van der Waals surface area contributed by atoms with Gasteiger partial charge in [0.2, 0.25) is 0 Å². The molecular weight excluding hydrogens is 645 g/mol. The molecule has 0 atom stereocenters. The minimum absolute atomic E-state index is 0.216. The van der Waals surface area contributed by atoms with Crippen molar-refractivity contribution in [3.05, 3.63) is 105 Å². The molecule has 11 heteroatoms. The second-order valence-corrected chi connectivity index (χ2v) is 10.7. The number of rotatable bonds is 7. The Morgan fingerprint density at radius 3 is 2.29 bits per heavy atom. The predicted octanol–water partition coefficient (Wildman–Crippen LogP) is 6.47. The molecule has 0 bridgehead atoms. The maximum absolute atomic E-state index is 15.3. The molecule has 1 amide bonds. The van der Waals surface area contributed by atoms with Crippen molar-refractivity contribution < 1.29 is 28.2 Å². The highest BCUT2D eigenvalue weighted by molar-refractivity contribution is 14.1. The van der Waals surface area contributed by atoms with E-state index in [0.29, 0.717) is 36.1 Å². The van der Waals surface area contributed by atoms with E-state index in [1.165, 1.54) is 4.90 Å². The highest BCUT2D eigenvalue weighted by Crippen LogP contribution is 2.32. The Morgan fingerprint density at radius 1 is 0.927 bits per heavy atom. The molecule has 0 saturated carbocycles. The third kappa shape index (κ3) is 6.24. The number of ether oxygens (including phenoxy) is 1. The monoisotopic (exact) mass is 670 g/mol. The van der Waals surface area contributed by atoms with E-state index in [0.717, 1.165) is 15.2 Å². The lowest BCUT2D eigenvalue weighted by atomic mass is 10.0. The summed E-state index contributed by atoms with van der Waals surface area (Å²) in [6, 6.07) is 19.0. The number of pyridine rings is 1. The van der Waals surface area contributed by atoms with Gasteiger partial charge in [-0.1, -0.05) is 18.2 Å². The Hall–Kier alpha value is -4.26. The lowest BCUT2D eigenvalue weighted by molar-refractivity contribution is 0.0697. The largest absolute Gasteiger partial charge is 0.478 e. The smallest absolute Gasteiger partial charge is 0.337 e. The fourth-order valence-electron chi connectivity index (χ4n) is 4.53. The van der Waals surface area contributed by atoms with Crippen molar-refractivity contribution in [2.45, 2.75) is 6.92 Å². The SMILES string of the molecule is Cc1cc(I)ccc1Nc1c(C(=O)O)cc(C(=O)N2CCN(c3ccc(Oc4ccccc4)cn3)CC2)c(F)c1F. The molecule has 1 aliphatic heterocycles. The molecule has 0 aliphatic carbocycles. The number of halogens is 3. The zero-order chi connectivity index (χ0) is 29.1. The highest BCUT2D eigenvalue weighted by Gasteiger charge is 2.30. The second kappa shape index (κ2) is 12.1. The summed E-state index contributed by atoms with van der Waals surface area (Å²) in [4.78, 5) is 33.0. The lowest BCUT2D eigenvalue weighted by Gasteiger charge is -2.35. The molecule has 210 valence electrons. The van der Waals surface area contributed by atoms with Crippen LogP contribution in [0.3, 0.4) is 0 Å². The van der Waals surface area contributed by atoms with Crippen LogP contribution in [0.25, 0.3) is 0 Å². The van der Waals surface area contributed by atoms with Gasteiger partial charge in [0, 0.05) is 35.4 Å². The summed E-state index contributed by atoms with van der Waals surface area (Å²) in [5, 5.41) is 12.5. The number of carboxylic acids is 1. The third-order valence-electron chi connectivity index (χ3n) is 6.71. The van der Waals surface area contributed by atoms with Gasteiger partial charge in [0.1, 0.15) is 17.3 Å². The van der Waals surface area contributed by atoms with E-state index in [1.54, 1.807) is 31.3 Å². The van der Waals surface area contributed by atoms with E-state index >= 15 is 8.78 Å². The number of para-hydroxylation sites is 1. The van der Waals surface area contributed by atoms with Crippen LogP contribution in [-0.2, 0) is 0 Å². The van der Waals surface area contributed by atoms with Gasteiger partial charge in [-0.15, -0.1) is 0 Å². The second-order valence-electron chi connectivity index (χ2n) is 9.41. The standard InChI is InChI=1S/C30H25F2IN4O4/c1-18-15-19(33)7-9-24(18)35-28-23(30(39)40)16-22(26(31)27(28)32)29(38)37-13-11-36(12-14-37)25-10-8-21(17-34-25)41-20-5-3-2-4-6-20/h2-10,15-17,35H,11-14H2,1H3,(H,39,40). The van der Waals surface area contributed by atoms with Crippen LogP contribution in [0.2, 0.25) is 0 Å². The third-order valence-corrected chi connectivity index (χ3v) is 7.38. The number of piperazine rings is 1. The molecule has 3 aromatic carbocycles. The number of aromatic carboxylic acids is 1. The van der Waals surface area contributed by atoms with Crippen molar-refractivity contribution in [2.24, 2.45) is 0 Å². The van der Waals surface area contributed by atoms with E-state index in [2.05, 4.69) is 32.9 Å². The van der Waals surface area contributed by atoms with Crippen molar-refractivity contribution in [3.8, 4) is 11.5 Å². The minimum Gasteiger partial charge on any atom is -0.478 e. The average molecular weight is 670 g/mol. The van der Waals surface area contributed by atoms with Gasteiger partial charge in [0.05, 0.1) is 23.0 Å². The van der Waals surface area contributed by atoms with Gasteiger partial charge >= 0.3 is 5.97 Å². The summed E-state index contributed by atoms with van der Waals surface area (Å²) in [6.45, 7) is 3.00. The van der Waals surface area contributed by atoms with Crippen molar-refractivity contribution in [1.82, 2.24) is 9.88 Å². The maximum Gasteiger partial charge on any atom is 0.337 e. The number of hydrogen-bond donors (Lipinski definition) is 2. The molecule has 1 saturated heterocycles. The van der Waals surface area contributed by atoms with Crippen LogP contribution in [0.4, 0.5) is 26.0 Å². The summed E-state index contributed by atoms with van der Waals surface area (Å²) in [5.74, 6) is -3.13. The van der Waals surface area contributed by atoms with Gasteiger partial charge in [0.15, 0.2) is 11.6 Å². The van der Waals surface area contributed by atoms with Gasteiger partial charge in [-0.05, 0) is 83.6 Å². The summed E-state index contributed by atoms with van der Waals surface area (Å²) in [5.41, 5.74) is -0.551. The van der Waals surface area contributed by atoms with E-state index in [1.807, 2.05) is 47.4 Å². The number of aryl methyl sites for hydroxylation is 1. The molecule has 0 radical (unpaired) electrons. The number of hydrogen-bond acceptors (Lipinski definition) is 6. The first kappa shape index (κ1) is 28.3. The van der Waals surface area contributed by atoms with Crippen LogP contribution < -0.4 is 15.0 Å². The zero-order valence-corrected chi connectivity index (χ0v) is 24.1. The number of aromatic nitrogens is 1. The fourth-order valence-corrected chi connectivity index (χ4v) is 5.18. The summed E-state index contributed by atoms with van der Waals surface area (Å²) in [6.07, 6.45) is 1.61. The quantitative estimate of drug-likeness (QED) is 0.218. The first-order chi connectivity index (χ1) is 19.7. The van der Waals surface area contributed by atoms with Gasteiger partial charge in [-0.25, -0.2) is 18.6 Å². The summed E-state index contributed by atoms with van der Waals surface area (Å²) < 4.78 is 37.2.